The Hall–Kier alpha value is -0.760. The number of aliphatic hydroxyl groups is 1. The van der Waals surface area contributed by atoms with Crippen molar-refractivity contribution in [1.82, 2.24) is 5.32 Å². The highest BCUT2D eigenvalue weighted by molar-refractivity contribution is 7.45. The van der Waals surface area contributed by atoms with Crippen molar-refractivity contribution in [3.05, 3.63) is 12.2 Å². The Bertz CT molecular complexity index is 989. The van der Waals surface area contributed by atoms with Crippen LogP contribution < -0.4 is 10.2 Å². The molecule has 0 aliphatic carbocycles. The van der Waals surface area contributed by atoms with Gasteiger partial charge < -0.3 is 28.8 Å². The number of rotatable bonds is 48. The number of unbranched alkanes of at least 4 members (excludes halogenated alkanes) is 33. The molecule has 0 heterocycles. The van der Waals surface area contributed by atoms with Gasteiger partial charge in [0.05, 0.1) is 39.9 Å². The number of nitrogens with one attached hydrogen (secondary N) is 1. The predicted molar refractivity (Wildman–Crippen MR) is 256 cm³/mol. The molecule has 1 unspecified atom stereocenters. The molecule has 0 aromatic rings. The van der Waals surface area contributed by atoms with Gasteiger partial charge in [-0.05, 0) is 38.5 Å². The normalized spacial score (nSPS) is 14.2. The smallest absolute Gasteiger partial charge is 0.268 e. The summed E-state index contributed by atoms with van der Waals surface area (Å²) in [5.41, 5.74) is 0. The minimum atomic E-state index is -4.57. The molecule has 0 spiro atoms. The molecule has 0 aliphatic heterocycles. The van der Waals surface area contributed by atoms with Crippen molar-refractivity contribution in [2.75, 3.05) is 40.9 Å². The third-order valence-electron chi connectivity index (χ3n) is 12.0. The van der Waals surface area contributed by atoms with Crippen LogP contribution in [0.3, 0.4) is 0 Å². The Balaban J connectivity index is 4.19. The Morgan fingerprint density at radius 1 is 0.567 bits per heavy atom. The molecule has 0 saturated heterocycles. The Labute approximate surface area is 373 Å². The molecule has 9 heteroatoms. The van der Waals surface area contributed by atoms with Gasteiger partial charge in [0.2, 0.25) is 5.91 Å². The number of phosphoric ester groups is 1. The SMILES string of the molecule is CCCCCCCCCCC/C=C/CCCC[C@@H](O)[C@H](COP(=O)([O-])OCC[N+](C)(C)C)NC(=O)CCCCCCCCCCCCCCCCCCCCCCCCC. The third-order valence-corrected chi connectivity index (χ3v) is 13.0. The second-order valence-electron chi connectivity index (χ2n) is 19.2. The number of aliphatic hydroxyl groups excluding tert-OH is 1. The van der Waals surface area contributed by atoms with Gasteiger partial charge in [-0.15, -0.1) is 0 Å². The first-order valence-electron chi connectivity index (χ1n) is 26.0. The summed E-state index contributed by atoms with van der Waals surface area (Å²) in [6.45, 7) is 4.73. The van der Waals surface area contributed by atoms with E-state index >= 15 is 0 Å². The molecule has 358 valence electrons. The van der Waals surface area contributed by atoms with Crippen LogP contribution in [-0.4, -0.2) is 68.5 Å². The molecule has 0 radical (unpaired) electrons. The molecule has 2 N–H and O–H groups in total. The van der Waals surface area contributed by atoms with E-state index in [1.54, 1.807) is 0 Å². The first-order chi connectivity index (χ1) is 29.0. The molecule has 0 bridgehead atoms. The number of hydrogen-bond donors (Lipinski definition) is 2. The van der Waals surface area contributed by atoms with Crippen molar-refractivity contribution in [3.8, 4) is 0 Å². The molecule has 0 aromatic heterocycles. The van der Waals surface area contributed by atoms with Crippen molar-refractivity contribution in [3.63, 3.8) is 0 Å². The molecule has 1 amide bonds. The average Bonchev–Trinajstić information content (AvgIpc) is 3.20. The minimum Gasteiger partial charge on any atom is -0.756 e. The van der Waals surface area contributed by atoms with E-state index in [0.29, 0.717) is 23.9 Å². The Morgan fingerprint density at radius 3 is 1.30 bits per heavy atom. The van der Waals surface area contributed by atoms with E-state index in [1.165, 1.54) is 186 Å². The Kier molecular flexibility index (Phi) is 42.9. The molecule has 0 saturated carbocycles. The highest BCUT2D eigenvalue weighted by Crippen LogP contribution is 2.38. The molecule has 0 aliphatic rings. The van der Waals surface area contributed by atoms with Crippen LogP contribution in [0.15, 0.2) is 12.2 Å². The summed E-state index contributed by atoms with van der Waals surface area (Å²) >= 11 is 0. The lowest BCUT2D eigenvalue weighted by Gasteiger charge is -2.30. The number of carbonyl (C=O) groups is 1. The van der Waals surface area contributed by atoms with Crippen molar-refractivity contribution < 1.29 is 32.9 Å². The standard InChI is InChI=1S/C51H103N2O6P/c1-6-8-10-12-14-16-18-20-22-23-24-25-26-27-28-29-31-33-35-37-39-41-43-45-51(55)52-49(48-59-60(56,57)58-47-46-53(3,4)5)50(54)44-42-40-38-36-34-32-30-21-19-17-15-13-11-9-7-2/h34,36,49-50,54H,6-33,35,37-48H2,1-5H3,(H-,52,55,56,57)/b36-34+/t49-,50+/m0/s1. The Morgan fingerprint density at radius 2 is 0.917 bits per heavy atom. The van der Waals surface area contributed by atoms with Gasteiger partial charge in [0, 0.05) is 6.42 Å². The van der Waals surface area contributed by atoms with E-state index in [1.807, 2.05) is 21.1 Å². The second kappa shape index (κ2) is 43.5. The number of amides is 1. The molecule has 0 fully saturated rings. The van der Waals surface area contributed by atoms with Crippen LogP contribution in [0.5, 0.6) is 0 Å². The lowest BCUT2D eigenvalue weighted by molar-refractivity contribution is -0.870. The van der Waals surface area contributed by atoms with E-state index in [9.17, 15) is 19.4 Å². The summed E-state index contributed by atoms with van der Waals surface area (Å²) in [6, 6.07) is -0.812. The van der Waals surface area contributed by atoms with Crippen LogP contribution in [-0.2, 0) is 18.4 Å². The first-order valence-corrected chi connectivity index (χ1v) is 27.5. The molecule has 0 rings (SSSR count). The fourth-order valence-corrected chi connectivity index (χ4v) is 8.58. The minimum absolute atomic E-state index is 0.00996. The zero-order valence-electron chi connectivity index (χ0n) is 40.7. The average molecular weight is 871 g/mol. The zero-order chi connectivity index (χ0) is 44.3. The van der Waals surface area contributed by atoms with Crippen molar-refractivity contribution in [2.24, 2.45) is 0 Å². The van der Waals surface area contributed by atoms with Crippen LogP contribution in [0.4, 0.5) is 0 Å². The van der Waals surface area contributed by atoms with Crippen molar-refractivity contribution >= 4 is 13.7 Å². The fraction of sp³-hybridized carbons (Fsp3) is 0.941. The van der Waals surface area contributed by atoms with Gasteiger partial charge >= 0.3 is 0 Å². The van der Waals surface area contributed by atoms with Crippen LogP contribution in [0.25, 0.3) is 0 Å². The van der Waals surface area contributed by atoms with E-state index < -0.39 is 20.0 Å². The van der Waals surface area contributed by atoms with Gasteiger partial charge in [-0.2, -0.15) is 0 Å². The summed E-state index contributed by atoms with van der Waals surface area (Å²) in [5.74, 6) is -0.169. The largest absolute Gasteiger partial charge is 0.756 e. The fourth-order valence-electron chi connectivity index (χ4n) is 7.86. The van der Waals surface area contributed by atoms with Crippen LogP contribution >= 0.6 is 7.82 Å². The topological polar surface area (TPSA) is 108 Å². The summed E-state index contributed by atoms with van der Waals surface area (Å²) in [5, 5.41) is 13.9. The zero-order valence-corrected chi connectivity index (χ0v) is 41.6. The summed E-state index contributed by atoms with van der Waals surface area (Å²) in [7, 11) is 1.30. The molecule has 60 heavy (non-hydrogen) atoms. The van der Waals surface area contributed by atoms with Gasteiger partial charge in [-0.1, -0.05) is 225 Å². The van der Waals surface area contributed by atoms with Gasteiger partial charge in [0.1, 0.15) is 13.2 Å². The van der Waals surface area contributed by atoms with E-state index in [0.717, 1.165) is 44.9 Å². The number of quaternary nitrogens is 1. The van der Waals surface area contributed by atoms with Crippen LogP contribution in [0.1, 0.15) is 258 Å². The number of nitrogens with zero attached hydrogens (tertiary/aromatic N) is 1. The molecular weight excluding hydrogens is 768 g/mol. The lowest BCUT2D eigenvalue weighted by atomic mass is 10.0. The van der Waals surface area contributed by atoms with Crippen molar-refractivity contribution in [2.45, 2.75) is 270 Å². The van der Waals surface area contributed by atoms with Crippen LogP contribution in [0.2, 0.25) is 0 Å². The monoisotopic (exact) mass is 871 g/mol. The van der Waals surface area contributed by atoms with Gasteiger partial charge in [0.25, 0.3) is 7.82 Å². The van der Waals surface area contributed by atoms with E-state index in [2.05, 4.69) is 31.3 Å². The highest BCUT2D eigenvalue weighted by atomic mass is 31.2. The maximum Gasteiger partial charge on any atom is 0.268 e. The van der Waals surface area contributed by atoms with E-state index in [-0.39, 0.29) is 19.1 Å². The summed E-state index contributed by atoms with van der Waals surface area (Å²) in [4.78, 5) is 25.4. The first kappa shape index (κ1) is 59.2. The van der Waals surface area contributed by atoms with Crippen LogP contribution in [0, 0.1) is 0 Å². The lowest BCUT2D eigenvalue weighted by Crippen LogP contribution is -2.46. The number of likely N-dealkylation sites (N-methyl/N-ethyl adjacent to an activating group) is 1. The predicted octanol–water partition coefficient (Wildman–Crippen LogP) is 14.5. The third kappa shape index (κ3) is 45.3. The van der Waals surface area contributed by atoms with E-state index in [4.69, 9.17) is 9.05 Å². The number of allylic oxidation sites excluding steroid dienone is 2. The molecule has 3 atom stereocenters. The summed E-state index contributed by atoms with van der Waals surface area (Å²) in [6.07, 6.45) is 50.9. The molecular formula is C51H103N2O6P. The molecule has 8 nitrogen and oxygen atoms in total. The summed E-state index contributed by atoms with van der Waals surface area (Å²) < 4.78 is 23.3. The quantitative estimate of drug-likeness (QED) is 0.0273. The number of phosphoric acid groups is 1. The highest BCUT2D eigenvalue weighted by Gasteiger charge is 2.24. The van der Waals surface area contributed by atoms with Gasteiger partial charge in [0.15, 0.2) is 0 Å². The maximum atomic E-state index is 12.9. The second-order valence-corrected chi connectivity index (χ2v) is 20.6. The van der Waals surface area contributed by atoms with Gasteiger partial charge in [-0.3, -0.25) is 9.36 Å². The molecule has 0 aromatic carbocycles. The number of carbonyl (C=O) groups excluding carboxylic acids is 1. The maximum absolute atomic E-state index is 12.9. The van der Waals surface area contributed by atoms with Gasteiger partial charge in [-0.25, -0.2) is 0 Å². The number of hydrogen-bond acceptors (Lipinski definition) is 6. The van der Waals surface area contributed by atoms with Crippen molar-refractivity contribution in [1.29, 1.82) is 0 Å².